The molecule has 1 saturated heterocycles. The SMILES string of the molecule is CC.COC/C=C/C(=O)N1CCC(n2nc(-c3ccc(Oc4ccccc4)cc3)c3c(N)ncnc32)C1. The molecule has 2 aromatic carbocycles. The van der Waals surface area contributed by atoms with Crippen LogP contribution in [0.4, 0.5) is 5.82 Å². The van der Waals surface area contributed by atoms with Gasteiger partial charge in [-0.1, -0.05) is 38.1 Å². The van der Waals surface area contributed by atoms with Gasteiger partial charge < -0.3 is 20.1 Å². The summed E-state index contributed by atoms with van der Waals surface area (Å²) in [5, 5.41) is 5.61. The van der Waals surface area contributed by atoms with Gasteiger partial charge in [0.15, 0.2) is 5.65 Å². The first-order chi connectivity index (χ1) is 18.1. The van der Waals surface area contributed by atoms with Crippen LogP contribution in [0.15, 0.2) is 73.1 Å². The molecular weight excluding hydrogens is 468 g/mol. The monoisotopic (exact) mass is 500 g/mol. The van der Waals surface area contributed by atoms with Gasteiger partial charge in [-0.25, -0.2) is 14.6 Å². The minimum atomic E-state index is -0.0376. The van der Waals surface area contributed by atoms with Crippen molar-refractivity contribution in [1.29, 1.82) is 0 Å². The summed E-state index contributed by atoms with van der Waals surface area (Å²) >= 11 is 0. The van der Waals surface area contributed by atoms with E-state index in [1.807, 2.05) is 78.0 Å². The Morgan fingerprint density at radius 3 is 2.54 bits per heavy atom. The normalized spacial score (nSPS) is 15.1. The van der Waals surface area contributed by atoms with Crippen molar-refractivity contribution in [3.8, 4) is 22.8 Å². The van der Waals surface area contributed by atoms with Gasteiger partial charge in [-0.2, -0.15) is 5.10 Å². The summed E-state index contributed by atoms with van der Waals surface area (Å²) in [5.74, 6) is 1.82. The zero-order chi connectivity index (χ0) is 26.2. The highest BCUT2D eigenvalue weighted by Crippen LogP contribution is 2.35. The number of ether oxygens (including phenoxy) is 2. The molecule has 5 rings (SSSR count). The molecule has 2 aromatic heterocycles. The van der Waals surface area contributed by atoms with Crippen LogP contribution < -0.4 is 10.5 Å². The van der Waals surface area contributed by atoms with Crippen molar-refractivity contribution >= 4 is 22.8 Å². The number of para-hydroxylation sites is 1. The molecule has 192 valence electrons. The average molecular weight is 501 g/mol. The summed E-state index contributed by atoms with van der Waals surface area (Å²) in [7, 11) is 1.60. The third kappa shape index (κ3) is 5.78. The highest BCUT2D eigenvalue weighted by atomic mass is 16.5. The number of carbonyl (C=O) groups is 1. The Morgan fingerprint density at radius 1 is 1.08 bits per heavy atom. The number of nitrogen functional groups attached to an aromatic ring is 1. The van der Waals surface area contributed by atoms with E-state index in [1.165, 1.54) is 6.33 Å². The van der Waals surface area contributed by atoms with E-state index in [-0.39, 0.29) is 11.9 Å². The van der Waals surface area contributed by atoms with E-state index in [2.05, 4.69) is 9.97 Å². The lowest BCUT2D eigenvalue weighted by molar-refractivity contribution is -0.125. The molecule has 9 heteroatoms. The van der Waals surface area contributed by atoms with Crippen molar-refractivity contribution in [2.45, 2.75) is 26.3 Å². The summed E-state index contributed by atoms with van der Waals surface area (Å²) in [6.45, 7) is 5.59. The molecular formula is C28H32N6O3. The van der Waals surface area contributed by atoms with E-state index in [0.717, 1.165) is 23.5 Å². The Hall–Kier alpha value is -4.24. The minimum Gasteiger partial charge on any atom is -0.457 e. The number of nitrogens with two attached hydrogens (primary N) is 1. The quantitative estimate of drug-likeness (QED) is 0.361. The Labute approximate surface area is 216 Å². The van der Waals surface area contributed by atoms with E-state index in [4.69, 9.17) is 20.3 Å². The highest BCUT2D eigenvalue weighted by molar-refractivity contribution is 5.98. The fourth-order valence-electron chi connectivity index (χ4n) is 4.25. The summed E-state index contributed by atoms with van der Waals surface area (Å²) in [6, 6.07) is 17.3. The molecule has 0 saturated carbocycles. The van der Waals surface area contributed by atoms with Crippen LogP contribution in [0, 0.1) is 0 Å². The van der Waals surface area contributed by atoms with Crippen LogP contribution in [-0.4, -0.2) is 57.4 Å². The summed E-state index contributed by atoms with van der Waals surface area (Å²) in [6.07, 6.45) is 5.49. The summed E-state index contributed by atoms with van der Waals surface area (Å²) in [5.41, 5.74) is 8.51. The van der Waals surface area contributed by atoms with Crippen LogP contribution in [-0.2, 0) is 9.53 Å². The number of aromatic nitrogens is 4. The molecule has 1 aliphatic heterocycles. The number of fused-ring (bicyclic) bond motifs is 1. The number of hydrogen-bond acceptors (Lipinski definition) is 7. The van der Waals surface area contributed by atoms with E-state index in [9.17, 15) is 4.79 Å². The maximum atomic E-state index is 12.5. The zero-order valence-electron chi connectivity index (χ0n) is 21.4. The number of amides is 1. The van der Waals surface area contributed by atoms with Gasteiger partial charge in [0.2, 0.25) is 5.91 Å². The maximum Gasteiger partial charge on any atom is 0.246 e. The molecule has 1 unspecified atom stereocenters. The van der Waals surface area contributed by atoms with Crippen LogP contribution in [0.2, 0.25) is 0 Å². The molecule has 37 heavy (non-hydrogen) atoms. The lowest BCUT2D eigenvalue weighted by Gasteiger charge is -2.15. The first-order valence-electron chi connectivity index (χ1n) is 12.4. The van der Waals surface area contributed by atoms with Gasteiger partial charge in [0.1, 0.15) is 29.3 Å². The van der Waals surface area contributed by atoms with Gasteiger partial charge in [0.25, 0.3) is 0 Å². The Balaban J connectivity index is 0.00000156. The van der Waals surface area contributed by atoms with E-state index >= 15 is 0 Å². The smallest absolute Gasteiger partial charge is 0.246 e. The van der Waals surface area contributed by atoms with Gasteiger partial charge in [0.05, 0.1) is 18.0 Å². The molecule has 0 aliphatic carbocycles. The fourth-order valence-corrected chi connectivity index (χ4v) is 4.25. The first-order valence-corrected chi connectivity index (χ1v) is 12.4. The van der Waals surface area contributed by atoms with Crippen molar-refractivity contribution in [2.24, 2.45) is 0 Å². The van der Waals surface area contributed by atoms with Gasteiger partial charge in [-0.3, -0.25) is 4.79 Å². The number of likely N-dealkylation sites (tertiary alicyclic amines) is 1. The van der Waals surface area contributed by atoms with Gasteiger partial charge >= 0.3 is 0 Å². The molecule has 2 N–H and O–H groups in total. The van der Waals surface area contributed by atoms with Crippen LogP contribution >= 0.6 is 0 Å². The molecule has 1 atom stereocenters. The third-order valence-electron chi connectivity index (χ3n) is 5.97. The second-order valence-corrected chi connectivity index (χ2v) is 8.27. The number of carbonyl (C=O) groups excluding carboxylic acids is 1. The summed E-state index contributed by atoms with van der Waals surface area (Å²) < 4.78 is 12.8. The average Bonchev–Trinajstić information content (AvgIpc) is 3.57. The standard InChI is InChI=1S/C26H26N6O3.C2H6/c1-34-15-5-8-22(33)31-14-13-19(16-31)32-26-23(25(27)28-17-29-26)24(30-32)18-9-11-21(12-10-18)35-20-6-3-2-4-7-20;1-2/h2-12,17,19H,13-16H2,1H3,(H2,27,28,29);1-2H3/b8-5+;. The number of nitrogens with zero attached hydrogens (tertiary/aromatic N) is 5. The van der Waals surface area contributed by atoms with E-state index in [0.29, 0.717) is 42.2 Å². The predicted molar refractivity (Wildman–Crippen MR) is 144 cm³/mol. The number of rotatable bonds is 7. The lowest BCUT2D eigenvalue weighted by Crippen LogP contribution is -2.27. The van der Waals surface area contributed by atoms with Gasteiger partial charge in [-0.05, 0) is 42.8 Å². The van der Waals surface area contributed by atoms with Gasteiger partial charge in [-0.15, -0.1) is 0 Å². The first kappa shape index (κ1) is 25.8. The van der Waals surface area contributed by atoms with Crippen LogP contribution in [0.5, 0.6) is 11.5 Å². The molecule has 0 bridgehead atoms. The Bertz CT molecular complexity index is 1350. The van der Waals surface area contributed by atoms with Crippen molar-refractivity contribution in [3.63, 3.8) is 0 Å². The molecule has 0 spiro atoms. The topological polar surface area (TPSA) is 108 Å². The second-order valence-electron chi connectivity index (χ2n) is 8.27. The predicted octanol–water partition coefficient (Wildman–Crippen LogP) is 4.87. The van der Waals surface area contributed by atoms with Crippen molar-refractivity contribution < 1.29 is 14.3 Å². The van der Waals surface area contributed by atoms with Crippen LogP contribution in [0.1, 0.15) is 26.3 Å². The molecule has 3 heterocycles. The second kappa shape index (κ2) is 12.1. The fraction of sp³-hybridized carbons (Fsp3) is 0.286. The highest BCUT2D eigenvalue weighted by Gasteiger charge is 2.30. The van der Waals surface area contributed by atoms with Crippen molar-refractivity contribution in [1.82, 2.24) is 24.6 Å². The lowest BCUT2D eigenvalue weighted by atomic mass is 10.1. The number of benzene rings is 2. The van der Waals surface area contributed by atoms with E-state index < -0.39 is 0 Å². The van der Waals surface area contributed by atoms with Crippen molar-refractivity contribution in [3.05, 3.63) is 73.1 Å². The van der Waals surface area contributed by atoms with Crippen LogP contribution in [0.25, 0.3) is 22.3 Å². The number of hydrogen-bond donors (Lipinski definition) is 1. The largest absolute Gasteiger partial charge is 0.457 e. The molecule has 0 radical (unpaired) electrons. The Kier molecular flexibility index (Phi) is 8.48. The third-order valence-corrected chi connectivity index (χ3v) is 5.97. The van der Waals surface area contributed by atoms with Crippen molar-refractivity contribution in [2.75, 3.05) is 32.5 Å². The summed E-state index contributed by atoms with van der Waals surface area (Å²) in [4.78, 5) is 23.0. The van der Waals surface area contributed by atoms with Gasteiger partial charge in [0, 0.05) is 31.8 Å². The molecule has 4 aromatic rings. The van der Waals surface area contributed by atoms with E-state index in [1.54, 1.807) is 19.3 Å². The maximum absolute atomic E-state index is 12.5. The number of methoxy groups -OCH3 is 1. The zero-order valence-corrected chi connectivity index (χ0v) is 21.4. The molecule has 1 fully saturated rings. The Morgan fingerprint density at radius 2 is 1.81 bits per heavy atom. The molecule has 9 nitrogen and oxygen atoms in total. The molecule has 1 aliphatic rings. The van der Waals surface area contributed by atoms with Crippen LogP contribution in [0.3, 0.4) is 0 Å². The molecule has 1 amide bonds. The number of anilines is 1. The minimum absolute atomic E-state index is 0.0130.